The number of benzene rings is 3. The highest BCUT2D eigenvalue weighted by Crippen LogP contribution is 2.36. The van der Waals surface area contributed by atoms with Crippen molar-refractivity contribution in [3.05, 3.63) is 78.1 Å². The number of nitrogens with one attached hydrogen (secondary N) is 1. The summed E-state index contributed by atoms with van der Waals surface area (Å²) in [6, 6.07) is 18.9. The summed E-state index contributed by atoms with van der Waals surface area (Å²) in [5.74, 6) is 1.96. The molecule has 5 N–H and O–H groups in total. The molecule has 0 unspecified atom stereocenters. The summed E-state index contributed by atoms with van der Waals surface area (Å²) >= 11 is 0. The number of rotatable bonds is 7. The van der Waals surface area contributed by atoms with Crippen LogP contribution in [0, 0.1) is 0 Å². The molecule has 0 aliphatic carbocycles. The average molecular weight is 640 g/mol. The molecule has 3 aliphatic heterocycles. The standard InChI is InChI=1S/C29H33N7O6S2/c1-41-24-6-2-4-20(16-24)21-8-9-27(44(31,39)40)26(17-21)33-36-19-22-10-11-35(23-5-3-7-25(18-23)43(30,37)38)28(22)32-29(36)34-12-14-42-15-13-34/h2-9,16-18,33H,10-15,19H2,1H3,(H2,30,37,38)(H2,31,39,40). The first-order chi connectivity index (χ1) is 21.0. The van der Waals surface area contributed by atoms with Gasteiger partial charge in [-0.3, -0.25) is 10.4 Å². The number of sulfonamides is 2. The van der Waals surface area contributed by atoms with Gasteiger partial charge in [-0.15, -0.1) is 0 Å². The highest BCUT2D eigenvalue weighted by Gasteiger charge is 2.34. The number of anilines is 2. The van der Waals surface area contributed by atoms with E-state index in [1.807, 2.05) is 40.2 Å². The van der Waals surface area contributed by atoms with E-state index in [-0.39, 0.29) is 9.79 Å². The zero-order valence-electron chi connectivity index (χ0n) is 24.0. The topological polar surface area (TPSA) is 173 Å². The number of hydrogen-bond donors (Lipinski definition) is 3. The number of guanidine groups is 1. The normalized spacial score (nSPS) is 17.4. The van der Waals surface area contributed by atoms with Crippen LogP contribution in [0.2, 0.25) is 0 Å². The maximum absolute atomic E-state index is 12.7. The lowest BCUT2D eigenvalue weighted by Crippen LogP contribution is -2.53. The van der Waals surface area contributed by atoms with Gasteiger partial charge in [0.05, 0.1) is 37.5 Å². The summed E-state index contributed by atoms with van der Waals surface area (Å²) in [6.45, 7) is 3.14. The molecule has 0 aromatic heterocycles. The summed E-state index contributed by atoms with van der Waals surface area (Å²) < 4.78 is 60.4. The van der Waals surface area contributed by atoms with Gasteiger partial charge in [-0.1, -0.05) is 24.3 Å². The number of morpholine rings is 1. The summed E-state index contributed by atoms with van der Waals surface area (Å²) in [6.07, 6.45) is 0.666. The van der Waals surface area contributed by atoms with Crippen LogP contribution in [0.15, 0.2) is 92.9 Å². The Balaban J connectivity index is 1.39. The second-order valence-corrected chi connectivity index (χ2v) is 13.7. The summed E-state index contributed by atoms with van der Waals surface area (Å²) in [7, 11) is -6.38. The average Bonchev–Trinajstić information content (AvgIpc) is 3.43. The molecule has 3 aromatic carbocycles. The Kier molecular flexibility index (Phi) is 7.98. The molecule has 0 amide bonds. The molecule has 44 heavy (non-hydrogen) atoms. The van der Waals surface area contributed by atoms with E-state index in [4.69, 9.17) is 24.7 Å². The molecular formula is C29H33N7O6S2. The Morgan fingerprint density at radius 2 is 1.64 bits per heavy atom. The van der Waals surface area contributed by atoms with Crippen molar-refractivity contribution in [2.75, 3.05) is 56.8 Å². The predicted octanol–water partition coefficient (Wildman–Crippen LogP) is 2.11. The fraction of sp³-hybridized carbons (Fsp3) is 0.276. The van der Waals surface area contributed by atoms with Crippen LogP contribution < -0.4 is 25.3 Å². The van der Waals surface area contributed by atoms with Crippen LogP contribution >= 0.6 is 0 Å². The van der Waals surface area contributed by atoms with Gasteiger partial charge in [0.2, 0.25) is 26.0 Å². The molecule has 13 nitrogen and oxygen atoms in total. The minimum absolute atomic E-state index is 0.0203. The number of nitrogens with zero attached hydrogens (tertiary/aromatic N) is 4. The van der Waals surface area contributed by atoms with Crippen molar-refractivity contribution in [3.8, 4) is 16.9 Å². The lowest BCUT2D eigenvalue weighted by Gasteiger charge is -2.39. The van der Waals surface area contributed by atoms with Gasteiger partial charge in [0.25, 0.3) is 0 Å². The monoisotopic (exact) mass is 639 g/mol. The van der Waals surface area contributed by atoms with Gasteiger partial charge in [-0.05, 0) is 65.6 Å². The van der Waals surface area contributed by atoms with E-state index in [2.05, 4.69) is 10.3 Å². The minimum atomic E-state index is -4.08. The molecule has 3 aromatic rings. The Bertz CT molecular complexity index is 1870. The quantitative estimate of drug-likeness (QED) is 0.348. The van der Waals surface area contributed by atoms with Gasteiger partial charge < -0.3 is 19.3 Å². The zero-order chi connectivity index (χ0) is 31.1. The van der Waals surface area contributed by atoms with Gasteiger partial charge in [-0.25, -0.2) is 27.1 Å². The number of methoxy groups -OCH3 is 1. The van der Waals surface area contributed by atoms with E-state index < -0.39 is 20.0 Å². The van der Waals surface area contributed by atoms with Crippen molar-refractivity contribution in [1.29, 1.82) is 0 Å². The third-order valence-electron chi connectivity index (χ3n) is 7.70. The van der Waals surface area contributed by atoms with Crippen LogP contribution in [0.5, 0.6) is 5.75 Å². The summed E-state index contributed by atoms with van der Waals surface area (Å²) in [4.78, 5) is 9.07. The second-order valence-electron chi connectivity index (χ2n) is 10.6. The van der Waals surface area contributed by atoms with Crippen molar-refractivity contribution >= 4 is 37.4 Å². The molecule has 0 saturated carbocycles. The Morgan fingerprint density at radius 3 is 2.36 bits per heavy atom. The Morgan fingerprint density at radius 1 is 0.886 bits per heavy atom. The Hall–Kier alpha value is -4.15. The van der Waals surface area contributed by atoms with Crippen LogP contribution in [-0.2, 0) is 24.8 Å². The molecule has 0 spiro atoms. The first-order valence-corrected chi connectivity index (χ1v) is 17.0. The number of ether oxygens (including phenoxy) is 2. The van der Waals surface area contributed by atoms with Gasteiger partial charge in [0.1, 0.15) is 16.5 Å². The minimum Gasteiger partial charge on any atom is -0.497 e. The maximum Gasteiger partial charge on any atom is 0.240 e. The second kappa shape index (κ2) is 11.7. The molecule has 0 bridgehead atoms. The zero-order valence-corrected chi connectivity index (χ0v) is 25.6. The Labute approximate surface area is 256 Å². The predicted molar refractivity (Wildman–Crippen MR) is 167 cm³/mol. The van der Waals surface area contributed by atoms with E-state index in [9.17, 15) is 16.8 Å². The summed E-state index contributed by atoms with van der Waals surface area (Å²) in [5, 5.41) is 12.9. The van der Waals surface area contributed by atoms with E-state index >= 15 is 0 Å². The molecule has 232 valence electrons. The maximum atomic E-state index is 12.7. The smallest absolute Gasteiger partial charge is 0.240 e. The van der Waals surface area contributed by atoms with Crippen molar-refractivity contribution in [2.45, 2.75) is 16.2 Å². The highest BCUT2D eigenvalue weighted by molar-refractivity contribution is 7.89. The van der Waals surface area contributed by atoms with Gasteiger partial charge in [-0.2, -0.15) is 4.99 Å². The van der Waals surface area contributed by atoms with Crippen LogP contribution in [0.3, 0.4) is 0 Å². The molecule has 3 heterocycles. The largest absolute Gasteiger partial charge is 0.497 e. The van der Waals surface area contributed by atoms with Crippen LogP contribution in [-0.4, -0.2) is 79.2 Å². The number of nitrogens with two attached hydrogens (primary N) is 2. The number of aliphatic imine (C=N–C) groups is 1. The van der Waals surface area contributed by atoms with Crippen molar-refractivity contribution in [3.63, 3.8) is 0 Å². The van der Waals surface area contributed by atoms with E-state index in [0.717, 1.165) is 16.7 Å². The fourth-order valence-electron chi connectivity index (χ4n) is 5.53. The molecular weight excluding hydrogens is 606 g/mol. The SMILES string of the molecule is COc1cccc(-c2ccc(S(N)(=O)=O)c(NN3CC4=C(N=C3N3CCOCC3)N(c3cccc(S(N)(=O)=O)c3)CC4)c2)c1. The van der Waals surface area contributed by atoms with Crippen molar-refractivity contribution < 1.29 is 26.3 Å². The molecule has 15 heteroatoms. The fourth-order valence-corrected chi connectivity index (χ4v) is 6.75. The molecule has 0 radical (unpaired) electrons. The van der Waals surface area contributed by atoms with Crippen molar-refractivity contribution in [1.82, 2.24) is 9.91 Å². The number of hydrazine groups is 1. The van der Waals surface area contributed by atoms with Gasteiger partial charge in [0, 0.05) is 25.3 Å². The molecule has 1 saturated heterocycles. The van der Waals surface area contributed by atoms with E-state index in [1.165, 1.54) is 12.1 Å². The lowest BCUT2D eigenvalue weighted by molar-refractivity contribution is 0.0630. The summed E-state index contributed by atoms with van der Waals surface area (Å²) in [5.41, 5.74) is 6.88. The van der Waals surface area contributed by atoms with Gasteiger partial charge in [0.15, 0.2) is 0 Å². The van der Waals surface area contributed by atoms with Crippen molar-refractivity contribution in [2.24, 2.45) is 15.3 Å². The first kappa shape index (κ1) is 29.9. The third kappa shape index (κ3) is 6.09. The van der Waals surface area contributed by atoms with Crippen LogP contribution in [0.25, 0.3) is 11.1 Å². The molecule has 3 aliphatic rings. The van der Waals surface area contributed by atoms with Crippen LogP contribution in [0.4, 0.5) is 11.4 Å². The molecule has 6 rings (SSSR count). The number of primary sulfonamides is 2. The van der Waals surface area contributed by atoms with E-state index in [1.54, 1.807) is 31.4 Å². The number of hydrogen-bond acceptors (Lipinski definition) is 11. The van der Waals surface area contributed by atoms with E-state index in [0.29, 0.717) is 74.7 Å². The van der Waals surface area contributed by atoms with Crippen LogP contribution in [0.1, 0.15) is 6.42 Å². The lowest BCUT2D eigenvalue weighted by atomic mass is 10.0. The molecule has 1 fully saturated rings. The highest BCUT2D eigenvalue weighted by atomic mass is 32.2. The molecule has 0 atom stereocenters. The first-order valence-electron chi connectivity index (χ1n) is 13.9. The third-order valence-corrected chi connectivity index (χ3v) is 9.58. The van der Waals surface area contributed by atoms with Gasteiger partial charge >= 0.3 is 0 Å².